The molecule has 106 valence electrons. The molecule has 3 heteroatoms. The molecule has 1 atom stereocenters. The summed E-state index contributed by atoms with van der Waals surface area (Å²) >= 11 is 0. The van der Waals surface area contributed by atoms with Crippen LogP contribution in [0.5, 0.6) is 0 Å². The van der Waals surface area contributed by atoms with E-state index in [2.05, 4.69) is 18.6 Å². The quantitative estimate of drug-likeness (QED) is 0.320. The molecule has 0 aliphatic rings. The van der Waals surface area contributed by atoms with E-state index in [-0.39, 0.29) is 12.2 Å². The van der Waals surface area contributed by atoms with Crippen molar-refractivity contribution < 1.29 is 14.3 Å². The molecule has 0 aromatic rings. The molecule has 0 radical (unpaired) electrons. The number of hydrogen-bond donors (Lipinski definition) is 0. The van der Waals surface area contributed by atoms with E-state index in [1.54, 1.807) is 0 Å². The molecule has 18 heavy (non-hydrogen) atoms. The highest BCUT2D eigenvalue weighted by atomic mass is 16.5. The zero-order valence-electron chi connectivity index (χ0n) is 12.2. The van der Waals surface area contributed by atoms with Crippen molar-refractivity contribution in [2.24, 2.45) is 5.92 Å². The van der Waals surface area contributed by atoms with Gasteiger partial charge in [0.05, 0.1) is 7.11 Å². The van der Waals surface area contributed by atoms with E-state index in [1.165, 1.54) is 45.6 Å². The molecule has 0 fully saturated rings. The molecule has 0 amide bonds. The van der Waals surface area contributed by atoms with Crippen LogP contribution in [-0.2, 0) is 14.3 Å². The topological polar surface area (TPSA) is 43.4 Å². The van der Waals surface area contributed by atoms with Gasteiger partial charge in [0.15, 0.2) is 0 Å². The molecule has 0 N–H and O–H groups in total. The fourth-order valence-electron chi connectivity index (χ4n) is 2.07. The Kier molecular flexibility index (Phi) is 10.7. The number of Topliss-reactive ketones (excluding diaryl/α,β-unsaturated/α-hetero) is 1. The van der Waals surface area contributed by atoms with Crippen molar-refractivity contribution in [2.45, 2.75) is 71.6 Å². The minimum atomic E-state index is -0.424. The third-order valence-electron chi connectivity index (χ3n) is 3.20. The molecular formula is C15H28O3. The van der Waals surface area contributed by atoms with Crippen LogP contribution in [0.25, 0.3) is 0 Å². The molecule has 0 aromatic carbocycles. The molecule has 0 saturated carbocycles. The Balaban J connectivity index is 3.49. The van der Waals surface area contributed by atoms with Crippen molar-refractivity contribution in [3.63, 3.8) is 0 Å². The predicted octanol–water partition coefficient (Wildman–Crippen LogP) is 3.90. The van der Waals surface area contributed by atoms with Gasteiger partial charge in [-0.25, -0.2) is 0 Å². The lowest BCUT2D eigenvalue weighted by molar-refractivity contribution is -0.143. The number of hydrogen-bond acceptors (Lipinski definition) is 3. The summed E-state index contributed by atoms with van der Waals surface area (Å²) in [5.74, 6) is -0.0413. The lowest BCUT2D eigenvalue weighted by atomic mass is 9.96. The minimum absolute atomic E-state index is 0.000308. The Labute approximate surface area is 111 Å². The first-order chi connectivity index (χ1) is 8.60. The summed E-state index contributed by atoms with van der Waals surface area (Å²) in [6.45, 7) is 4.30. The molecule has 0 aromatic heterocycles. The van der Waals surface area contributed by atoms with Crippen molar-refractivity contribution in [1.82, 2.24) is 0 Å². The second kappa shape index (κ2) is 11.2. The van der Waals surface area contributed by atoms with E-state index in [0.29, 0.717) is 12.3 Å². The normalized spacial score (nSPS) is 12.2. The zero-order chi connectivity index (χ0) is 13.8. The lowest BCUT2D eigenvalue weighted by Gasteiger charge is -2.09. The number of ketones is 1. The first-order valence-electron chi connectivity index (χ1n) is 7.18. The largest absolute Gasteiger partial charge is 0.469 e. The van der Waals surface area contributed by atoms with Gasteiger partial charge in [-0.2, -0.15) is 0 Å². The van der Waals surface area contributed by atoms with Gasteiger partial charge in [-0.15, -0.1) is 0 Å². The molecule has 0 saturated heterocycles. The average Bonchev–Trinajstić information content (AvgIpc) is 2.33. The maximum atomic E-state index is 11.5. The van der Waals surface area contributed by atoms with E-state index < -0.39 is 5.97 Å². The van der Waals surface area contributed by atoms with Gasteiger partial charge < -0.3 is 4.74 Å². The Bertz CT molecular complexity index is 236. The molecule has 0 aliphatic heterocycles. The maximum Gasteiger partial charge on any atom is 0.313 e. The summed E-state index contributed by atoms with van der Waals surface area (Å²) in [6, 6.07) is 0. The third kappa shape index (κ3) is 10.3. The van der Waals surface area contributed by atoms with Gasteiger partial charge in [0.25, 0.3) is 0 Å². The Morgan fingerprint density at radius 3 is 2.28 bits per heavy atom. The Hall–Kier alpha value is -0.860. The number of methoxy groups -OCH3 is 1. The van der Waals surface area contributed by atoms with Crippen LogP contribution in [0.15, 0.2) is 0 Å². The fourth-order valence-corrected chi connectivity index (χ4v) is 2.07. The van der Waals surface area contributed by atoms with Crippen LogP contribution in [0.3, 0.4) is 0 Å². The predicted molar refractivity (Wildman–Crippen MR) is 73.4 cm³/mol. The van der Waals surface area contributed by atoms with Crippen molar-refractivity contribution in [1.29, 1.82) is 0 Å². The second-order valence-electron chi connectivity index (χ2n) is 5.16. The monoisotopic (exact) mass is 256 g/mol. The number of carbonyl (C=O) groups excluding carboxylic acids is 2. The third-order valence-corrected chi connectivity index (χ3v) is 3.20. The summed E-state index contributed by atoms with van der Waals surface area (Å²) in [4.78, 5) is 22.4. The fraction of sp³-hybridized carbons (Fsp3) is 0.867. The Morgan fingerprint density at radius 1 is 1.06 bits per heavy atom. The summed E-state index contributed by atoms with van der Waals surface area (Å²) in [7, 11) is 1.31. The van der Waals surface area contributed by atoms with Gasteiger partial charge in [-0.3, -0.25) is 9.59 Å². The summed E-state index contributed by atoms with van der Waals surface area (Å²) in [5, 5.41) is 0. The summed E-state index contributed by atoms with van der Waals surface area (Å²) in [5.41, 5.74) is 0. The highest BCUT2D eigenvalue weighted by Gasteiger charge is 2.13. The van der Waals surface area contributed by atoms with Crippen LogP contribution in [-0.4, -0.2) is 18.9 Å². The van der Waals surface area contributed by atoms with E-state index in [1.807, 2.05) is 0 Å². The van der Waals surface area contributed by atoms with E-state index in [9.17, 15) is 9.59 Å². The maximum absolute atomic E-state index is 11.5. The minimum Gasteiger partial charge on any atom is -0.469 e. The molecule has 0 aliphatic carbocycles. The molecule has 3 nitrogen and oxygen atoms in total. The van der Waals surface area contributed by atoms with Crippen LogP contribution in [0.4, 0.5) is 0 Å². The SMILES string of the molecule is CCCCCCCC[C@@H](C)CC(=O)CC(=O)OC. The first-order valence-corrected chi connectivity index (χ1v) is 7.18. The van der Waals surface area contributed by atoms with Gasteiger partial charge >= 0.3 is 5.97 Å². The van der Waals surface area contributed by atoms with Gasteiger partial charge in [0.2, 0.25) is 0 Å². The standard InChI is InChI=1S/C15H28O3/c1-4-5-6-7-8-9-10-13(2)11-14(16)12-15(17)18-3/h13H,4-12H2,1-3H3/t13-/m1/s1. The number of unbranched alkanes of at least 4 members (excludes halogenated alkanes) is 5. The lowest BCUT2D eigenvalue weighted by Crippen LogP contribution is -2.12. The van der Waals surface area contributed by atoms with Gasteiger partial charge in [0.1, 0.15) is 12.2 Å². The van der Waals surface area contributed by atoms with Crippen molar-refractivity contribution >= 4 is 11.8 Å². The van der Waals surface area contributed by atoms with Crippen LogP contribution in [0.2, 0.25) is 0 Å². The van der Waals surface area contributed by atoms with Crippen LogP contribution in [0, 0.1) is 5.92 Å². The number of esters is 1. The van der Waals surface area contributed by atoms with Crippen LogP contribution >= 0.6 is 0 Å². The average molecular weight is 256 g/mol. The first kappa shape index (κ1) is 17.1. The number of ether oxygens (including phenoxy) is 1. The van der Waals surface area contributed by atoms with E-state index >= 15 is 0 Å². The number of rotatable bonds is 11. The summed E-state index contributed by atoms with van der Waals surface area (Å²) < 4.78 is 4.48. The van der Waals surface area contributed by atoms with Crippen molar-refractivity contribution in [2.75, 3.05) is 7.11 Å². The molecule has 0 heterocycles. The van der Waals surface area contributed by atoms with Crippen molar-refractivity contribution in [3.05, 3.63) is 0 Å². The van der Waals surface area contributed by atoms with Gasteiger partial charge in [0, 0.05) is 6.42 Å². The highest BCUT2D eigenvalue weighted by Crippen LogP contribution is 2.15. The highest BCUT2D eigenvalue weighted by molar-refractivity contribution is 5.95. The Morgan fingerprint density at radius 2 is 1.67 bits per heavy atom. The molecule has 0 unspecified atom stereocenters. The second-order valence-corrected chi connectivity index (χ2v) is 5.16. The number of carbonyl (C=O) groups is 2. The van der Waals surface area contributed by atoms with E-state index in [0.717, 1.165) is 6.42 Å². The summed E-state index contributed by atoms with van der Waals surface area (Å²) in [6.07, 6.45) is 9.20. The van der Waals surface area contributed by atoms with Crippen molar-refractivity contribution in [3.8, 4) is 0 Å². The van der Waals surface area contributed by atoms with Crippen LogP contribution in [0.1, 0.15) is 71.6 Å². The smallest absolute Gasteiger partial charge is 0.313 e. The molecular weight excluding hydrogens is 228 g/mol. The van der Waals surface area contributed by atoms with Crippen LogP contribution < -0.4 is 0 Å². The van der Waals surface area contributed by atoms with Gasteiger partial charge in [-0.05, 0) is 5.92 Å². The molecule has 0 spiro atoms. The molecule has 0 rings (SSSR count). The zero-order valence-corrected chi connectivity index (χ0v) is 12.2. The van der Waals surface area contributed by atoms with E-state index in [4.69, 9.17) is 0 Å². The molecule has 0 bridgehead atoms. The van der Waals surface area contributed by atoms with Gasteiger partial charge in [-0.1, -0.05) is 58.8 Å².